The number of hydrogen-bond donors (Lipinski definition) is 0. The molecule has 0 bridgehead atoms. The molecule has 0 aliphatic heterocycles. The van der Waals surface area contributed by atoms with Gasteiger partial charge in [-0.05, 0) is 96.3 Å². The van der Waals surface area contributed by atoms with Gasteiger partial charge in [0.25, 0.3) is 0 Å². The van der Waals surface area contributed by atoms with Gasteiger partial charge in [0.05, 0.1) is 0 Å². The summed E-state index contributed by atoms with van der Waals surface area (Å²) in [5, 5.41) is 0. The summed E-state index contributed by atoms with van der Waals surface area (Å²) in [6.07, 6.45) is 69.9. The molecule has 0 radical (unpaired) electrons. The molecule has 6 heteroatoms. The fraction of sp³-hybridized carbons (Fsp3) is 0.857. The third kappa shape index (κ3) is 56.4. The molecule has 0 unspecified atom stereocenters. The van der Waals surface area contributed by atoms with Crippen LogP contribution < -0.4 is 0 Å². The van der Waals surface area contributed by atoms with Crippen LogP contribution in [0.1, 0.15) is 329 Å². The van der Waals surface area contributed by atoms with E-state index in [-0.39, 0.29) is 31.1 Å². The monoisotopic (exact) mass is 969 g/mol. The van der Waals surface area contributed by atoms with Crippen LogP contribution in [0.25, 0.3) is 0 Å². The zero-order chi connectivity index (χ0) is 50.0. The molecule has 69 heavy (non-hydrogen) atoms. The Bertz CT molecular complexity index is 1160. The lowest BCUT2D eigenvalue weighted by Crippen LogP contribution is -2.30. The molecule has 0 rings (SSSR count). The SMILES string of the molecule is CCCCCC/C=C\CCCCCCCC(=O)OC[C@@H](COC(=O)CCCCCCCCCCC/C=C\CCCCCCCC)OC(=O)CCCCCCCCCCC/C=C\CCCCCCCC. The van der Waals surface area contributed by atoms with Crippen LogP contribution in [-0.2, 0) is 28.6 Å². The van der Waals surface area contributed by atoms with Crippen LogP contribution in [0.15, 0.2) is 36.5 Å². The second-order valence-corrected chi connectivity index (χ2v) is 20.6. The summed E-state index contributed by atoms with van der Waals surface area (Å²) >= 11 is 0. The molecule has 0 saturated carbocycles. The van der Waals surface area contributed by atoms with Crippen LogP contribution in [0.3, 0.4) is 0 Å². The third-order valence-corrected chi connectivity index (χ3v) is 13.6. The van der Waals surface area contributed by atoms with E-state index in [0.29, 0.717) is 19.3 Å². The highest BCUT2D eigenvalue weighted by molar-refractivity contribution is 5.71. The van der Waals surface area contributed by atoms with Crippen molar-refractivity contribution in [2.75, 3.05) is 13.2 Å². The standard InChI is InChI=1S/C63H116O6/c1-4-7-10-13-16-19-22-25-27-29-31-33-35-38-41-44-47-50-53-56-62(65)68-59-60(58-67-61(64)55-52-49-46-43-40-37-24-21-18-15-12-9-6-3)69-63(66)57-54-51-48-45-42-39-36-34-32-30-28-26-23-20-17-14-11-8-5-2/h21,24-28,60H,4-20,22-23,29-59H2,1-3H3/b24-21-,27-25-,28-26-/t60-/m0/s1. The topological polar surface area (TPSA) is 78.9 Å². The van der Waals surface area contributed by atoms with Crippen molar-refractivity contribution in [1.29, 1.82) is 0 Å². The molecule has 6 nitrogen and oxygen atoms in total. The number of carbonyl (C=O) groups is 3. The fourth-order valence-electron chi connectivity index (χ4n) is 8.96. The predicted octanol–water partition coefficient (Wildman–Crippen LogP) is 20.4. The molecule has 0 aliphatic carbocycles. The largest absolute Gasteiger partial charge is 0.462 e. The van der Waals surface area contributed by atoms with Gasteiger partial charge in [0.1, 0.15) is 13.2 Å². The summed E-state index contributed by atoms with van der Waals surface area (Å²) in [5.74, 6) is -0.869. The summed E-state index contributed by atoms with van der Waals surface area (Å²) in [7, 11) is 0. The molecule has 0 aliphatic rings. The second kappa shape index (κ2) is 58.2. The summed E-state index contributed by atoms with van der Waals surface area (Å²) in [6.45, 7) is 6.65. The molecular weight excluding hydrogens is 853 g/mol. The lowest BCUT2D eigenvalue weighted by molar-refractivity contribution is -0.167. The minimum atomic E-state index is -0.776. The van der Waals surface area contributed by atoms with Crippen LogP contribution in [0.4, 0.5) is 0 Å². The van der Waals surface area contributed by atoms with Gasteiger partial charge in [-0.3, -0.25) is 14.4 Å². The van der Waals surface area contributed by atoms with Gasteiger partial charge in [0, 0.05) is 19.3 Å². The van der Waals surface area contributed by atoms with Crippen molar-refractivity contribution < 1.29 is 28.6 Å². The molecule has 0 spiro atoms. The minimum absolute atomic E-state index is 0.0740. The Morgan fingerprint density at radius 2 is 0.478 bits per heavy atom. The summed E-state index contributed by atoms with van der Waals surface area (Å²) in [6, 6.07) is 0. The van der Waals surface area contributed by atoms with Crippen LogP contribution in [0, 0.1) is 0 Å². The molecule has 0 saturated heterocycles. The van der Waals surface area contributed by atoms with Crippen LogP contribution in [0.5, 0.6) is 0 Å². The maximum atomic E-state index is 12.9. The number of ether oxygens (including phenoxy) is 3. The summed E-state index contributed by atoms with van der Waals surface area (Å²) < 4.78 is 16.9. The van der Waals surface area contributed by atoms with E-state index in [4.69, 9.17) is 14.2 Å². The van der Waals surface area contributed by atoms with Crippen molar-refractivity contribution in [2.45, 2.75) is 335 Å². The van der Waals surface area contributed by atoms with Crippen molar-refractivity contribution in [3.05, 3.63) is 36.5 Å². The van der Waals surface area contributed by atoms with E-state index in [0.717, 1.165) is 64.2 Å². The summed E-state index contributed by atoms with van der Waals surface area (Å²) in [4.78, 5) is 38.2. The Hall–Kier alpha value is -2.37. The van der Waals surface area contributed by atoms with Crippen molar-refractivity contribution in [3.8, 4) is 0 Å². The lowest BCUT2D eigenvalue weighted by Gasteiger charge is -2.18. The van der Waals surface area contributed by atoms with Crippen molar-refractivity contribution in [2.24, 2.45) is 0 Å². The van der Waals surface area contributed by atoms with Crippen LogP contribution >= 0.6 is 0 Å². The van der Waals surface area contributed by atoms with Gasteiger partial charge >= 0.3 is 17.9 Å². The van der Waals surface area contributed by atoms with Gasteiger partial charge < -0.3 is 14.2 Å². The average molecular weight is 970 g/mol. The van der Waals surface area contributed by atoms with Gasteiger partial charge in [0.15, 0.2) is 6.10 Å². The Kier molecular flexibility index (Phi) is 56.2. The number of unbranched alkanes of at least 4 members (excludes halogenated alkanes) is 39. The molecule has 0 aromatic rings. The first-order valence-electron chi connectivity index (χ1n) is 30.5. The molecule has 0 heterocycles. The predicted molar refractivity (Wildman–Crippen MR) is 298 cm³/mol. The third-order valence-electron chi connectivity index (χ3n) is 13.6. The Balaban J connectivity index is 4.32. The van der Waals surface area contributed by atoms with Gasteiger partial charge in [-0.1, -0.05) is 250 Å². The zero-order valence-electron chi connectivity index (χ0n) is 46.3. The molecule has 0 aromatic heterocycles. The van der Waals surface area contributed by atoms with E-state index in [9.17, 15) is 14.4 Å². The smallest absolute Gasteiger partial charge is 0.306 e. The number of carbonyl (C=O) groups excluding carboxylic acids is 3. The van der Waals surface area contributed by atoms with Gasteiger partial charge in [-0.2, -0.15) is 0 Å². The number of rotatable bonds is 56. The molecule has 1 atom stereocenters. The van der Waals surface area contributed by atoms with Crippen LogP contribution in [-0.4, -0.2) is 37.2 Å². The second-order valence-electron chi connectivity index (χ2n) is 20.6. The number of allylic oxidation sites excluding steroid dienone is 6. The van der Waals surface area contributed by atoms with Gasteiger partial charge in [-0.25, -0.2) is 0 Å². The van der Waals surface area contributed by atoms with E-state index in [1.807, 2.05) is 0 Å². The first-order valence-corrected chi connectivity index (χ1v) is 30.5. The van der Waals surface area contributed by atoms with Crippen molar-refractivity contribution >= 4 is 17.9 Å². The van der Waals surface area contributed by atoms with E-state index in [2.05, 4.69) is 57.2 Å². The van der Waals surface area contributed by atoms with Crippen molar-refractivity contribution in [1.82, 2.24) is 0 Å². The summed E-state index contributed by atoms with van der Waals surface area (Å²) in [5.41, 5.74) is 0. The number of esters is 3. The molecule has 0 amide bonds. The quantitative estimate of drug-likeness (QED) is 0.0261. The van der Waals surface area contributed by atoms with E-state index in [1.54, 1.807) is 0 Å². The first-order chi connectivity index (χ1) is 34.0. The van der Waals surface area contributed by atoms with E-state index < -0.39 is 6.10 Å². The highest BCUT2D eigenvalue weighted by atomic mass is 16.6. The van der Waals surface area contributed by atoms with E-state index >= 15 is 0 Å². The Morgan fingerprint density at radius 1 is 0.275 bits per heavy atom. The molecule has 0 aromatic carbocycles. The maximum Gasteiger partial charge on any atom is 0.306 e. The molecule has 404 valence electrons. The first kappa shape index (κ1) is 66.6. The Morgan fingerprint density at radius 3 is 0.739 bits per heavy atom. The lowest BCUT2D eigenvalue weighted by atomic mass is 10.1. The molecule has 0 fully saturated rings. The average Bonchev–Trinajstić information content (AvgIpc) is 3.35. The minimum Gasteiger partial charge on any atom is -0.462 e. The normalized spacial score (nSPS) is 12.2. The van der Waals surface area contributed by atoms with Crippen molar-refractivity contribution in [3.63, 3.8) is 0 Å². The molecular formula is C63H116O6. The maximum absolute atomic E-state index is 12.9. The van der Waals surface area contributed by atoms with Crippen LogP contribution in [0.2, 0.25) is 0 Å². The van der Waals surface area contributed by atoms with Gasteiger partial charge in [-0.15, -0.1) is 0 Å². The van der Waals surface area contributed by atoms with E-state index in [1.165, 1.54) is 225 Å². The highest BCUT2D eigenvalue weighted by Crippen LogP contribution is 2.16. The van der Waals surface area contributed by atoms with Gasteiger partial charge in [0.2, 0.25) is 0 Å². The number of hydrogen-bond acceptors (Lipinski definition) is 6. The molecule has 0 N–H and O–H groups in total. The zero-order valence-corrected chi connectivity index (χ0v) is 46.3. The fourth-order valence-corrected chi connectivity index (χ4v) is 8.96. The highest BCUT2D eigenvalue weighted by Gasteiger charge is 2.19. The Labute approximate surface area is 429 Å².